The van der Waals surface area contributed by atoms with Crippen LogP contribution in [0.2, 0.25) is 0 Å². The molecule has 0 unspecified atom stereocenters. The van der Waals surface area contributed by atoms with E-state index in [0.717, 1.165) is 3.90 Å². The van der Waals surface area contributed by atoms with Crippen molar-refractivity contribution < 1.29 is 4.74 Å². The minimum atomic E-state index is -0.0746. The lowest BCUT2D eigenvalue weighted by Gasteiger charge is -2.36. The Balaban J connectivity index is 3.03. The van der Waals surface area contributed by atoms with E-state index in [0.29, 0.717) is 11.8 Å². The van der Waals surface area contributed by atoms with E-state index < -0.39 is 0 Å². The molecule has 13 heavy (non-hydrogen) atoms. The molecule has 0 saturated carbocycles. The van der Waals surface area contributed by atoms with E-state index in [4.69, 9.17) is 4.74 Å². The molecule has 0 N–H and O–H groups in total. The predicted octanol–water partition coefficient (Wildman–Crippen LogP) is 3.37. The molecule has 0 atom stereocenters. The molecule has 0 aliphatic carbocycles. The maximum absolute atomic E-state index is 5.19. The van der Waals surface area contributed by atoms with Gasteiger partial charge in [0.25, 0.3) is 3.90 Å². The largest absolute Gasteiger partial charge is 0.443 e. The van der Waals surface area contributed by atoms with E-state index in [1.807, 2.05) is 0 Å². The van der Waals surface area contributed by atoms with Crippen molar-refractivity contribution >= 4 is 26.5 Å². The Hall–Kier alpha value is -0.0600. The van der Waals surface area contributed by atoms with Crippen molar-refractivity contribution in [3.8, 4) is 0 Å². The molecule has 0 saturated heterocycles. The fraction of sp³-hybridized carbons (Fsp3) is 0.700. The molecule has 0 fully saturated rings. The Bertz CT molecular complexity index is 235. The molecule has 2 nitrogen and oxygen atoms in total. The maximum atomic E-state index is 5.19. The molecule has 0 radical (unpaired) electrons. The van der Waals surface area contributed by atoms with Gasteiger partial charge in [0.1, 0.15) is 0 Å². The van der Waals surface area contributed by atoms with Gasteiger partial charge in [-0.05, 0) is 17.9 Å². The predicted molar refractivity (Wildman–Crippen MR) is 64.1 cm³/mol. The summed E-state index contributed by atoms with van der Waals surface area (Å²) in [6.45, 7) is 8.79. The highest BCUT2D eigenvalue weighted by Gasteiger charge is 2.36. The number of aliphatic imine (C=N–C) groups is 1. The molecule has 0 bridgehead atoms. The molecular weight excluding hydrogens is 277 g/mol. The minimum Gasteiger partial charge on any atom is -0.443 e. The first kappa shape index (κ1) is 11.0. The molecule has 1 aliphatic heterocycles. The smallest absolute Gasteiger partial charge is 0.253 e. The van der Waals surface area contributed by atoms with Crippen LogP contribution in [0.1, 0.15) is 27.7 Å². The average molecular weight is 293 g/mol. The number of halogens is 1. The molecule has 1 aliphatic rings. The van der Waals surface area contributed by atoms with E-state index >= 15 is 0 Å². The quantitative estimate of drug-likeness (QED) is 0.715. The summed E-state index contributed by atoms with van der Waals surface area (Å²) in [5.41, 5.74) is -0.0746. The maximum Gasteiger partial charge on any atom is 0.253 e. The van der Waals surface area contributed by atoms with Gasteiger partial charge in [-0.1, -0.05) is 27.7 Å². The Morgan fingerprint density at radius 2 is 1.85 bits per heavy atom. The Kier molecular flexibility index (Phi) is 3.38. The fourth-order valence-corrected chi connectivity index (χ4v) is 2.29. The zero-order valence-electron chi connectivity index (χ0n) is 8.54. The Morgan fingerprint density at radius 1 is 1.31 bits per heavy atom. The second-order valence-electron chi connectivity index (χ2n) is 3.98. The van der Waals surface area contributed by atoms with Crippen molar-refractivity contribution in [2.24, 2.45) is 16.8 Å². The van der Waals surface area contributed by atoms with Gasteiger partial charge in [0.2, 0.25) is 0 Å². The monoisotopic (exact) mass is 293 g/mol. The summed E-state index contributed by atoms with van der Waals surface area (Å²) >= 11 is 2.13. The summed E-state index contributed by atoms with van der Waals surface area (Å²) in [6.07, 6.45) is 3.83. The van der Waals surface area contributed by atoms with E-state index in [1.54, 1.807) is 6.26 Å². The molecular formula is C10H16INO. The van der Waals surface area contributed by atoms with Gasteiger partial charge in [-0.15, -0.1) is 0 Å². The Morgan fingerprint density at radius 3 is 2.15 bits per heavy atom. The third-order valence-corrected chi connectivity index (χ3v) is 3.13. The zero-order valence-corrected chi connectivity index (χ0v) is 10.7. The van der Waals surface area contributed by atoms with Crippen LogP contribution in [0.15, 0.2) is 17.3 Å². The first-order valence-corrected chi connectivity index (χ1v) is 5.66. The lowest BCUT2D eigenvalue weighted by Crippen LogP contribution is -2.39. The first-order valence-electron chi connectivity index (χ1n) is 4.58. The SMILES string of the molecule is CC(C)C1(C(C)C)C=COC(I)=N1. The standard InChI is InChI=1S/C10H16INO/c1-7(2)10(8(3)4)5-6-13-9(11)12-10/h5-8H,1-4H3. The van der Waals surface area contributed by atoms with E-state index in [9.17, 15) is 0 Å². The molecule has 1 heterocycles. The summed E-state index contributed by atoms with van der Waals surface area (Å²) in [7, 11) is 0. The van der Waals surface area contributed by atoms with Gasteiger partial charge in [0.05, 0.1) is 11.8 Å². The van der Waals surface area contributed by atoms with Crippen LogP contribution in [-0.4, -0.2) is 9.44 Å². The summed E-state index contributed by atoms with van der Waals surface area (Å²) in [6, 6.07) is 0. The van der Waals surface area contributed by atoms with E-state index in [1.165, 1.54) is 0 Å². The van der Waals surface area contributed by atoms with Crippen LogP contribution in [0, 0.1) is 11.8 Å². The highest BCUT2D eigenvalue weighted by atomic mass is 127. The van der Waals surface area contributed by atoms with Crippen LogP contribution in [0.25, 0.3) is 0 Å². The number of hydrogen-bond donors (Lipinski definition) is 0. The minimum absolute atomic E-state index is 0.0746. The number of ether oxygens (including phenoxy) is 1. The second kappa shape index (κ2) is 3.98. The number of nitrogens with zero attached hydrogens (tertiary/aromatic N) is 1. The van der Waals surface area contributed by atoms with E-state index in [2.05, 4.69) is 61.4 Å². The van der Waals surface area contributed by atoms with Gasteiger partial charge in [0, 0.05) is 22.6 Å². The zero-order chi connectivity index (χ0) is 10.1. The summed E-state index contributed by atoms with van der Waals surface area (Å²) in [4.78, 5) is 4.61. The van der Waals surface area contributed by atoms with Crippen molar-refractivity contribution in [2.45, 2.75) is 33.2 Å². The molecule has 0 aromatic heterocycles. The van der Waals surface area contributed by atoms with Gasteiger partial charge in [0.15, 0.2) is 0 Å². The van der Waals surface area contributed by atoms with Crippen molar-refractivity contribution in [1.82, 2.24) is 0 Å². The van der Waals surface area contributed by atoms with Gasteiger partial charge in [-0.2, -0.15) is 0 Å². The topological polar surface area (TPSA) is 21.6 Å². The van der Waals surface area contributed by atoms with Gasteiger partial charge >= 0.3 is 0 Å². The van der Waals surface area contributed by atoms with Crippen LogP contribution in [0.5, 0.6) is 0 Å². The summed E-state index contributed by atoms with van der Waals surface area (Å²) in [5, 5.41) is 0. The Labute approximate surface area is 93.6 Å². The van der Waals surface area contributed by atoms with Crippen LogP contribution in [0.4, 0.5) is 0 Å². The average Bonchev–Trinajstić information content (AvgIpc) is 2.03. The highest BCUT2D eigenvalue weighted by molar-refractivity contribution is 14.1. The molecule has 3 heteroatoms. The van der Waals surface area contributed by atoms with Crippen LogP contribution in [-0.2, 0) is 4.74 Å². The summed E-state index contributed by atoms with van der Waals surface area (Å²) in [5.74, 6) is 0.995. The van der Waals surface area contributed by atoms with Gasteiger partial charge in [-0.3, -0.25) is 0 Å². The molecule has 0 amide bonds. The first-order chi connectivity index (χ1) is 5.99. The van der Waals surface area contributed by atoms with Crippen molar-refractivity contribution in [3.63, 3.8) is 0 Å². The van der Waals surface area contributed by atoms with E-state index in [-0.39, 0.29) is 5.54 Å². The lowest BCUT2D eigenvalue weighted by atomic mass is 9.77. The van der Waals surface area contributed by atoms with Crippen LogP contribution in [0.3, 0.4) is 0 Å². The van der Waals surface area contributed by atoms with Crippen LogP contribution >= 0.6 is 22.6 Å². The third kappa shape index (κ3) is 2.06. The molecule has 0 aromatic rings. The third-order valence-electron chi connectivity index (χ3n) is 2.63. The molecule has 0 aromatic carbocycles. The van der Waals surface area contributed by atoms with Gasteiger partial charge in [-0.25, -0.2) is 4.99 Å². The second-order valence-corrected chi connectivity index (χ2v) is 4.90. The van der Waals surface area contributed by atoms with Crippen molar-refractivity contribution in [2.75, 3.05) is 0 Å². The molecule has 1 rings (SSSR count). The fourth-order valence-electron chi connectivity index (χ4n) is 1.72. The van der Waals surface area contributed by atoms with Gasteiger partial charge < -0.3 is 4.74 Å². The van der Waals surface area contributed by atoms with Crippen LogP contribution < -0.4 is 0 Å². The molecule has 74 valence electrons. The highest BCUT2D eigenvalue weighted by Crippen LogP contribution is 2.34. The molecule has 0 spiro atoms. The number of rotatable bonds is 2. The normalized spacial score (nSPS) is 20.4. The lowest BCUT2D eigenvalue weighted by molar-refractivity contribution is 0.269. The summed E-state index contributed by atoms with van der Waals surface area (Å²) < 4.78 is 5.93. The van der Waals surface area contributed by atoms with Crippen molar-refractivity contribution in [3.05, 3.63) is 12.3 Å². The number of hydrogen-bond acceptors (Lipinski definition) is 2. The van der Waals surface area contributed by atoms with Crippen molar-refractivity contribution in [1.29, 1.82) is 0 Å².